The van der Waals surface area contributed by atoms with Crippen molar-refractivity contribution in [2.24, 2.45) is 0 Å². The van der Waals surface area contributed by atoms with Crippen LogP contribution in [0.1, 0.15) is 45.7 Å². The second-order valence-electron chi connectivity index (χ2n) is 15.4. The number of ether oxygens (including phenoxy) is 2. The molecule has 6 heterocycles. The van der Waals surface area contributed by atoms with E-state index >= 15 is 0 Å². The van der Waals surface area contributed by atoms with Gasteiger partial charge in [0.1, 0.15) is 13.2 Å². The molecule has 0 amide bonds. The van der Waals surface area contributed by atoms with E-state index in [2.05, 4.69) is 97.3 Å². The Kier molecular flexibility index (Phi) is 12.5. The highest BCUT2D eigenvalue weighted by atomic mass is 35.5. The third kappa shape index (κ3) is 9.71. The summed E-state index contributed by atoms with van der Waals surface area (Å²) in [5.74, 6) is 3.42. The van der Waals surface area contributed by atoms with E-state index in [1.807, 2.05) is 109 Å². The van der Waals surface area contributed by atoms with Gasteiger partial charge in [0.15, 0.2) is 23.1 Å². The zero-order chi connectivity index (χ0) is 44.0. The van der Waals surface area contributed by atoms with Crippen LogP contribution in [0.2, 0.25) is 5.28 Å². The van der Waals surface area contributed by atoms with Gasteiger partial charge in [0, 0.05) is 49.2 Å². The van der Waals surface area contributed by atoms with Gasteiger partial charge in [-0.3, -0.25) is 0 Å². The number of likely N-dealkylation sites (N-methyl/N-ethyl adjacent to an activating group) is 2. The van der Waals surface area contributed by atoms with Crippen molar-refractivity contribution >= 4 is 40.6 Å². The molecule has 2 unspecified atom stereocenters. The van der Waals surface area contributed by atoms with Gasteiger partial charge in [0.05, 0.1) is 48.5 Å². The second kappa shape index (κ2) is 18.7. The molecule has 0 fully saturated rings. The Bertz CT molecular complexity index is 2810. The lowest BCUT2D eigenvalue weighted by atomic mass is 10.00. The third-order valence-electron chi connectivity index (χ3n) is 11.0. The molecule has 2 atom stereocenters. The number of nitrogen functional groups attached to an aromatic ring is 1. The van der Waals surface area contributed by atoms with Crippen LogP contribution in [-0.2, 0) is 0 Å². The monoisotopic (exact) mass is 860 g/mol. The predicted molar refractivity (Wildman–Crippen MR) is 249 cm³/mol. The zero-order valence-electron chi connectivity index (χ0n) is 36.0. The third-order valence-corrected chi connectivity index (χ3v) is 11.2. The molecule has 0 spiro atoms. The molecule has 4 aromatic carbocycles. The van der Waals surface area contributed by atoms with Crippen molar-refractivity contribution in [1.29, 1.82) is 0 Å². The normalized spacial score (nSPS) is 15.0. The second-order valence-corrected chi connectivity index (χ2v) is 15.7. The predicted octanol–water partition coefficient (Wildman–Crippen LogP) is 9.36. The summed E-state index contributed by atoms with van der Waals surface area (Å²) in [5, 5.41) is 3.53. The van der Waals surface area contributed by atoms with Crippen molar-refractivity contribution in [3.63, 3.8) is 0 Å². The van der Waals surface area contributed by atoms with E-state index in [1.165, 1.54) is 22.3 Å². The highest BCUT2D eigenvalue weighted by molar-refractivity contribution is 6.28. The summed E-state index contributed by atoms with van der Waals surface area (Å²) in [7, 11) is 4.05. The summed E-state index contributed by atoms with van der Waals surface area (Å²) in [6.07, 6.45) is 10.9. The number of benzene rings is 4. The number of anilines is 5. The fraction of sp³-hybridized carbons (Fsp3) is 0.208. The van der Waals surface area contributed by atoms with Crippen molar-refractivity contribution in [1.82, 2.24) is 39.0 Å². The first kappa shape index (κ1) is 42.2. The number of aromatic nitrogens is 8. The van der Waals surface area contributed by atoms with Crippen LogP contribution in [0.5, 0.6) is 11.5 Å². The van der Waals surface area contributed by atoms with Crippen molar-refractivity contribution in [2.45, 2.75) is 39.8 Å². The van der Waals surface area contributed by atoms with Crippen LogP contribution in [0.15, 0.2) is 135 Å². The molecule has 0 bridgehead atoms. The van der Waals surface area contributed by atoms with Crippen molar-refractivity contribution < 1.29 is 9.47 Å². The summed E-state index contributed by atoms with van der Waals surface area (Å²) in [5.41, 5.74) is 16.4. The SMILES string of the molecule is Cc1ccccc1C1COc2cnc(Cl)nc2N1C.Cc1cn(-c2ccc(N)cc2)cn1.Cc1cn(-c2ccc(Nc3ncc4c(n3)N(C)C(c3ccccc3C)CO4)cc2)cn1. The Balaban J connectivity index is 0.000000144. The lowest BCUT2D eigenvalue weighted by molar-refractivity contribution is 0.264. The lowest BCUT2D eigenvalue weighted by Crippen LogP contribution is -2.34. The van der Waals surface area contributed by atoms with Crippen LogP contribution in [0.25, 0.3) is 11.4 Å². The molecule has 8 aromatic rings. The van der Waals surface area contributed by atoms with Gasteiger partial charge in [0.25, 0.3) is 0 Å². The average Bonchev–Trinajstić information content (AvgIpc) is 3.94. The Morgan fingerprint density at radius 2 is 1.08 bits per heavy atom. The first-order chi connectivity index (χ1) is 30.5. The molecular formula is C48H49ClN12O2. The maximum atomic E-state index is 5.98. The number of rotatable bonds is 6. The number of nitrogens with two attached hydrogens (primary N) is 1. The molecule has 14 nitrogen and oxygen atoms in total. The lowest BCUT2D eigenvalue weighted by Gasteiger charge is -2.35. The van der Waals surface area contributed by atoms with E-state index in [4.69, 9.17) is 31.8 Å². The topological polar surface area (TPSA) is 150 Å². The number of hydrogen-bond donors (Lipinski definition) is 2. The largest absolute Gasteiger partial charge is 0.486 e. The number of nitrogens with one attached hydrogen (secondary N) is 1. The van der Waals surface area contributed by atoms with Crippen LogP contribution < -0.4 is 30.3 Å². The molecule has 0 radical (unpaired) electrons. The van der Waals surface area contributed by atoms with E-state index in [9.17, 15) is 0 Å². The van der Waals surface area contributed by atoms with Gasteiger partial charge >= 0.3 is 0 Å². The molecule has 10 rings (SSSR count). The van der Waals surface area contributed by atoms with Gasteiger partial charge in [-0.15, -0.1) is 0 Å². The Hall–Kier alpha value is -7.45. The summed E-state index contributed by atoms with van der Waals surface area (Å²) >= 11 is 5.86. The molecule has 2 aliphatic rings. The molecule has 4 aromatic heterocycles. The van der Waals surface area contributed by atoms with Gasteiger partial charge in [0.2, 0.25) is 11.2 Å². The molecule has 0 aliphatic carbocycles. The minimum atomic E-state index is 0.106. The molecule has 63 heavy (non-hydrogen) atoms. The van der Waals surface area contributed by atoms with Crippen molar-refractivity contribution in [3.05, 3.63) is 173 Å². The maximum absolute atomic E-state index is 5.98. The molecule has 15 heteroatoms. The fourth-order valence-corrected chi connectivity index (χ4v) is 7.59. The molecule has 0 saturated heterocycles. The van der Waals surface area contributed by atoms with E-state index in [0.29, 0.717) is 30.7 Å². The van der Waals surface area contributed by atoms with Gasteiger partial charge in [-0.1, -0.05) is 48.5 Å². The fourth-order valence-electron chi connectivity index (χ4n) is 7.46. The number of imidazole rings is 2. The van der Waals surface area contributed by atoms with Gasteiger partial charge < -0.3 is 39.5 Å². The molecule has 2 aliphatic heterocycles. The quantitative estimate of drug-likeness (QED) is 0.121. The Morgan fingerprint density at radius 1 is 0.603 bits per heavy atom. The Labute approximate surface area is 372 Å². The molecular weight excluding hydrogens is 812 g/mol. The van der Waals surface area contributed by atoms with Crippen LogP contribution in [-0.4, -0.2) is 66.3 Å². The smallest absolute Gasteiger partial charge is 0.229 e. The minimum Gasteiger partial charge on any atom is -0.486 e. The van der Waals surface area contributed by atoms with E-state index in [0.717, 1.165) is 45.8 Å². The summed E-state index contributed by atoms with van der Waals surface area (Å²) in [4.78, 5) is 30.1. The van der Waals surface area contributed by atoms with Crippen molar-refractivity contribution in [2.75, 3.05) is 48.2 Å². The highest BCUT2D eigenvalue weighted by Crippen LogP contribution is 2.39. The standard InChI is InChI=1S/C24H24N6O.C14H14ClN3O.C10H11N3/c1-16-6-4-5-7-20(16)21-14-31-22-12-25-24(28-23(22)29(21)3)27-18-8-10-19(11-9-18)30-13-17(2)26-15-30;1-9-5-3-4-6-10(9)11-8-19-12-7-16-14(15)17-13(12)18(11)2;1-8-6-13(7-12-8)10-4-2-9(11)3-5-10/h4-13,15,21H,14H2,1-3H3,(H,25,27,28);3-7,11H,8H2,1-2H3;2-7H,11H2,1H3. The Morgan fingerprint density at radius 3 is 1.57 bits per heavy atom. The molecule has 3 N–H and O–H groups in total. The number of halogens is 1. The van der Waals surface area contributed by atoms with E-state index in [-0.39, 0.29) is 17.4 Å². The van der Waals surface area contributed by atoms with Crippen LogP contribution in [0.3, 0.4) is 0 Å². The summed E-state index contributed by atoms with van der Waals surface area (Å²) in [6.45, 7) is 9.32. The number of nitrogens with zero attached hydrogens (tertiary/aromatic N) is 10. The highest BCUT2D eigenvalue weighted by Gasteiger charge is 2.30. The molecule has 0 saturated carbocycles. The van der Waals surface area contributed by atoms with E-state index in [1.54, 1.807) is 18.7 Å². The van der Waals surface area contributed by atoms with Gasteiger partial charge in [-0.2, -0.15) is 9.97 Å². The summed E-state index contributed by atoms with van der Waals surface area (Å²) in [6, 6.07) is 32.7. The zero-order valence-corrected chi connectivity index (χ0v) is 36.8. The van der Waals surface area contributed by atoms with Crippen LogP contribution in [0, 0.1) is 27.7 Å². The van der Waals surface area contributed by atoms with Crippen LogP contribution in [0.4, 0.5) is 29.0 Å². The maximum Gasteiger partial charge on any atom is 0.229 e. The van der Waals surface area contributed by atoms with Gasteiger partial charge in [-0.25, -0.2) is 19.9 Å². The van der Waals surface area contributed by atoms with Crippen LogP contribution >= 0.6 is 11.6 Å². The first-order valence-corrected chi connectivity index (χ1v) is 20.8. The number of hydrogen-bond acceptors (Lipinski definition) is 12. The average molecular weight is 861 g/mol. The number of fused-ring (bicyclic) bond motifs is 2. The number of aryl methyl sites for hydroxylation is 4. The van der Waals surface area contributed by atoms with E-state index < -0.39 is 0 Å². The molecule has 320 valence electrons. The van der Waals surface area contributed by atoms with Crippen molar-refractivity contribution in [3.8, 4) is 22.9 Å². The first-order valence-electron chi connectivity index (χ1n) is 20.5. The summed E-state index contributed by atoms with van der Waals surface area (Å²) < 4.78 is 15.7. The van der Waals surface area contributed by atoms with Gasteiger partial charge in [-0.05, 0) is 110 Å². The minimum absolute atomic E-state index is 0.106.